The Morgan fingerprint density at radius 3 is 2.62 bits per heavy atom. The molecule has 4 bridgehead atoms. The van der Waals surface area contributed by atoms with Crippen molar-refractivity contribution < 1.29 is 9.90 Å². The first-order valence-electron chi connectivity index (χ1n) is 10.0. The Balaban J connectivity index is 1.67. The predicted molar refractivity (Wildman–Crippen MR) is 104 cm³/mol. The van der Waals surface area contributed by atoms with Gasteiger partial charge in [0.1, 0.15) is 0 Å². The summed E-state index contributed by atoms with van der Waals surface area (Å²) in [6.07, 6.45) is 5.12. The molecule has 4 saturated carbocycles. The number of carbonyl (C=O) groups is 1. The Hall–Kier alpha value is -1.06. The standard InChI is InChI=1S/C22H30ClNO2/c1-14(2)8-18(25)24-20(16-6-4-3-5-7-16)19-17-9-15-10-21(23,12-17)13-22(19,26)11-15/h3-7,14-15,17,19-20,26H,8-13H2,1-2H3,(H,24,25)/t15-,17?,19+,20-,21-,22-/m0/s1. The number of aliphatic hydroxyl groups is 1. The third-order valence-electron chi connectivity index (χ3n) is 6.74. The smallest absolute Gasteiger partial charge is 0.220 e. The van der Waals surface area contributed by atoms with Gasteiger partial charge in [-0.2, -0.15) is 0 Å². The highest BCUT2D eigenvalue weighted by Crippen LogP contribution is 2.64. The van der Waals surface area contributed by atoms with Gasteiger partial charge in [-0.15, -0.1) is 11.6 Å². The van der Waals surface area contributed by atoms with Crippen molar-refractivity contribution in [3.8, 4) is 0 Å². The molecule has 0 saturated heterocycles. The minimum atomic E-state index is -0.766. The molecular weight excluding hydrogens is 346 g/mol. The number of amides is 1. The fraction of sp³-hybridized carbons (Fsp3) is 0.682. The summed E-state index contributed by atoms with van der Waals surface area (Å²) in [4.78, 5) is 12.4. The number of hydrogen-bond donors (Lipinski definition) is 2. The van der Waals surface area contributed by atoms with E-state index in [1.807, 2.05) is 18.2 Å². The first-order valence-corrected chi connectivity index (χ1v) is 10.4. The van der Waals surface area contributed by atoms with Gasteiger partial charge in [0.25, 0.3) is 0 Å². The molecule has 3 nitrogen and oxygen atoms in total. The second-order valence-corrected chi connectivity index (χ2v) is 10.3. The van der Waals surface area contributed by atoms with Gasteiger partial charge in [0.15, 0.2) is 0 Å². The number of halogens is 1. The molecule has 1 amide bonds. The molecule has 2 N–H and O–H groups in total. The number of hydrogen-bond acceptors (Lipinski definition) is 2. The fourth-order valence-electron chi connectivity index (χ4n) is 6.28. The van der Waals surface area contributed by atoms with Crippen molar-refractivity contribution in [2.75, 3.05) is 0 Å². The van der Waals surface area contributed by atoms with Crippen molar-refractivity contribution in [2.45, 2.75) is 68.9 Å². The first-order chi connectivity index (χ1) is 12.3. The molecule has 1 unspecified atom stereocenters. The van der Waals surface area contributed by atoms with Crippen LogP contribution < -0.4 is 5.32 Å². The van der Waals surface area contributed by atoms with E-state index in [0.717, 1.165) is 31.2 Å². The lowest BCUT2D eigenvalue weighted by molar-refractivity contribution is -0.175. The van der Waals surface area contributed by atoms with Gasteiger partial charge < -0.3 is 10.4 Å². The molecule has 6 atom stereocenters. The maximum Gasteiger partial charge on any atom is 0.220 e. The monoisotopic (exact) mass is 375 g/mol. The number of carbonyl (C=O) groups excluding carboxylic acids is 1. The van der Waals surface area contributed by atoms with E-state index in [4.69, 9.17) is 11.6 Å². The lowest BCUT2D eigenvalue weighted by Crippen LogP contribution is -2.64. The highest BCUT2D eigenvalue weighted by Gasteiger charge is 2.63. The van der Waals surface area contributed by atoms with Crippen LogP contribution in [-0.2, 0) is 4.79 Å². The molecule has 4 fully saturated rings. The van der Waals surface area contributed by atoms with Crippen LogP contribution in [0.2, 0.25) is 0 Å². The van der Waals surface area contributed by atoms with E-state index in [1.54, 1.807) is 0 Å². The maximum atomic E-state index is 12.6. The number of rotatable bonds is 5. The lowest BCUT2D eigenvalue weighted by Gasteiger charge is -2.63. The van der Waals surface area contributed by atoms with E-state index in [1.165, 1.54) is 0 Å². The summed E-state index contributed by atoms with van der Waals surface area (Å²) < 4.78 is 0. The third-order valence-corrected chi connectivity index (χ3v) is 7.18. The van der Waals surface area contributed by atoms with Crippen LogP contribution in [0.4, 0.5) is 0 Å². The second-order valence-electron chi connectivity index (χ2n) is 9.49. The molecule has 1 aromatic rings. The molecule has 0 aromatic heterocycles. The average molecular weight is 376 g/mol. The molecule has 1 aromatic carbocycles. The molecule has 4 heteroatoms. The Bertz CT molecular complexity index is 678. The normalized spacial score (nSPS) is 39.2. The molecule has 0 heterocycles. The van der Waals surface area contributed by atoms with Gasteiger partial charge in [0.05, 0.1) is 11.6 Å². The molecule has 0 aliphatic heterocycles. The van der Waals surface area contributed by atoms with Crippen molar-refractivity contribution in [3.63, 3.8) is 0 Å². The zero-order valence-electron chi connectivity index (χ0n) is 15.7. The van der Waals surface area contributed by atoms with Gasteiger partial charge in [-0.3, -0.25) is 4.79 Å². The zero-order chi connectivity index (χ0) is 18.5. The summed E-state index contributed by atoms with van der Waals surface area (Å²) in [5, 5.41) is 14.9. The number of nitrogens with one attached hydrogen (secondary N) is 1. The van der Waals surface area contributed by atoms with Crippen LogP contribution in [0, 0.1) is 23.7 Å². The number of alkyl halides is 1. The fourth-order valence-corrected chi connectivity index (χ4v) is 6.93. The third kappa shape index (κ3) is 3.29. The molecule has 4 aliphatic carbocycles. The Morgan fingerprint density at radius 1 is 1.27 bits per heavy atom. The minimum Gasteiger partial charge on any atom is -0.389 e. The molecule has 4 aliphatic rings. The van der Waals surface area contributed by atoms with Crippen LogP contribution in [0.25, 0.3) is 0 Å². The molecular formula is C22H30ClNO2. The van der Waals surface area contributed by atoms with E-state index in [-0.39, 0.29) is 22.7 Å². The average Bonchev–Trinajstić information content (AvgIpc) is 2.51. The lowest BCUT2D eigenvalue weighted by atomic mass is 9.47. The van der Waals surface area contributed by atoms with Gasteiger partial charge in [0, 0.05) is 17.2 Å². The highest BCUT2D eigenvalue weighted by atomic mass is 35.5. The van der Waals surface area contributed by atoms with Gasteiger partial charge >= 0.3 is 0 Å². The molecule has 142 valence electrons. The summed E-state index contributed by atoms with van der Waals surface area (Å²) in [6.45, 7) is 4.12. The largest absolute Gasteiger partial charge is 0.389 e. The summed E-state index contributed by atoms with van der Waals surface area (Å²) in [5.41, 5.74) is 0.330. The summed E-state index contributed by atoms with van der Waals surface area (Å²) in [6, 6.07) is 10.0. The van der Waals surface area contributed by atoms with Crippen LogP contribution in [0.5, 0.6) is 0 Å². The van der Waals surface area contributed by atoms with Gasteiger partial charge in [0.2, 0.25) is 5.91 Å². The van der Waals surface area contributed by atoms with Crippen LogP contribution in [0.1, 0.15) is 64.0 Å². The second kappa shape index (κ2) is 6.53. The Labute approximate surface area is 161 Å². The Kier molecular flexibility index (Phi) is 4.60. The summed E-state index contributed by atoms with van der Waals surface area (Å²) in [5.74, 6) is 1.35. The molecule has 0 spiro atoms. The van der Waals surface area contributed by atoms with Crippen molar-refractivity contribution >= 4 is 17.5 Å². The van der Waals surface area contributed by atoms with Gasteiger partial charge in [-0.1, -0.05) is 44.2 Å². The van der Waals surface area contributed by atoms with Crippen LogP contribution in [0.3, 0.4) is 0 Å². The van der Waals surface area contributed by atoms with E-state index < -0.39 is 5.60 Å². The summed E-state index contributed by atoms with van der Waals surface area (Å²) in [7, 11) is 0. The highest BCUT2D eigenvalue weighted by molar-refractivity contribution is 6.24. The SMILES string of the molecule is CC(C)CC(=O)N[C@@H](c1ccccc1)[C@H]1C2C[C@H]3C[C@](Cl)(C2)C[C@@]1(O)C3. The first kappa shape index (κ1) is 18.3. The van der Waals surface area contributed by atoms with Gasteiger partial charge in [-0.25, -0.2) is 0 Å². The van der Waals surface area contributed by atoms with Crippen molar-refractivity contribution in [1.29, 1.82) is 0 Å². The minimum absolute atomic E-state index is 0.0458. The quantitative estimate of drug-likeness (QED) is 0.747. The van der Waals surface area contributed by atoms with Gasteiger partial charge in [-0.05, 0) is 55.4 Å². The van der Waals surface area contributed by atoms with E-state index in [2.05, 4.69) is 31.3 Å². The molecule has 0 radical (unpaired) electrons. The Morgan fingerprint density at radius 2 is 2.00 bits per heavy atom. The zero-order valence-corrected chi connectivity index (χ0v) is 16.5. The number of benzene rings is 1. The topological polar surface area (TPSA) is 49.3 Å². The molecule has 5 rings (SSSR count). The van der Waals surface area contributed by atoms with Crippen molar-refractivity contribution in [2.24, 2.45) is 23.7 Å². The van der Waals surface area contributed by atoms with Crippen LogP contribution in [0.15, 0.2) is 30.3 Å². The maximum absolute atomic E-state index is 12.6. The van der Waals surface area contributed by atoms with Crippen molar-refractivity contribution in [1.82, 2.24) is 5.32 Å². The van der Waals surface area contributed by atoms with Crippen molar-refractivity contribution in [3.05, 3.63) is 35.9 Å². The van der Waals surface area contributed by atoms with Crippen LogP contribution >= 0.6 is 11.6 Å². The van der Waals surface area contributed by atoms with Crippen LogP contribution in [-0.4, -0.2) is 21.5 Å². The van der Waals surface area contributed by atoms with E-state index in [9.17, 15) is 9.90 Å². The van der Waals surface area contributed by atoms with E-state index in [0.29, 0.717) is 30.6 Å². The predicted octanol–water partition coefficient (Wildman–Crippen LogP) is 4.44. The summed E-state index contributed by atoms with van der Waals surface area (Å²) >= 11 is 6.86. The van der Waals surface area contributed by atoms with E-state index >= 15 is 0 Å². The molecule has 26 heavy (non-hydrogen) atoms.